The maximum absolute atomic E-state index is 11.3. The maximum Gasteiger partial charge on any atom is 0.334 e. The molecule has 0 bridgehead atoms. The van der Waals surface area contributed by atoms with Crippen LogP contribution in [0.1, 0.15) is 25.6 Å². The van der Waals surface area contributed by atoms with Gasteiger partial charge in [-0.25, -0.2) is 4.79 Å². The number of nitrogens with one attached hydrogen (secondary N) is 1. The van der Waals surface area contributed by atoms with Gasteiger partial charge in [-0.3, -0.25) is 4.79 Å². The molecule has 0 fully saturated rings. The van der Waals surface area contributed by atoms with Crippen molar-refractivity contribution in [2.45, 2.75) is 19.9 Å². The molecule has 0 aliphatic carbocycles. The average Bonchev–Trinajstić information content (AvgIpc) is 2.65. The van der Waals surface area contributed by atoms with Crippen LogP contribution < -0.4 is 5.32 Å². The van der Waals surface area contributed by atoms with Gasteiger partial charge in [0.2, 0.25) is 5.91 Å². The molecule has 0 saturated carbocycles. The summed E-state index contributed by atoms with van der Waals surface area (Å²) in [5.41, 5.74) is 0. The van der Waals surface area contributed by atoms with E-state index >= 15 is 0 Å². The molecule has 1 aromatic rings. The Morgan fingerprint density at radius 3 is 2.53 bits per heavy atom. The maximum atomic E-state index is 11.3. The quantitative estimate of drug-likeness (QED) is 0.783. The highest BCUT2D eigenvalue weighted by molar-refractivity contribution is 5.84. The highest BCUT2D eigenvalue weighted by atomic mass is 16.4. The van der Waals surface area contributed by atoms with Crippen molar-refractivity contribution < 1.29 is 19.1 Å². The number of furan rings is 1. The van der Waals surface area contributed by atoms with E-state index < -0.39 is 12.0 Å². The first-order valence-corrected chi connectivity index (χ1v) is 4.59. The molecule has 0 aliphatic heterocycles. The topological polar surface area (TPSA) is 79.5 Å². The van der Waals surface area contributed by atoms with Gasteiger partial charge in [0.25, 0.3) is 0 Å². The molecule has 5 heteroatoms. The van der Waals surface area contributed by atoms with Crippen LogP contribution in [0.4, 0.5) is 0 Å². The summed E-state index contributed by atoms with van der Waals surface area (Å²) >= 11 is 0. The Hall–Kier alpha value is -1.78. The summed E-state index contributed by atoms with van der Waals surface area (Å²) in [6, 6.07) is 1.97. The molecule has 2 N–H and O–H groups in total. The Kier molecular flexibility index (Phi) is 3.49. The van der Waals surface area contributed by atoms with E-state index in [0.29, 0.717) is 0 Å². The molecular formula is C10H13NO4. The van der Waals surface area contributed by atoms with E-state index in [1.54, 1.807) is 19.9 Å². The smallest absolute Gasteiger partial charge is 0.334 e. The predicted molar refractivity (Wildman–Crippen MR) is 52.1 cm³/mol. The molecule has 15 heavy (non-hydrogen) atoms. The minimum Gasteiger partial charge on any atom is -0.479 e. The fourth-order valence-electron chi connectivity index (χ4n) is 1.02. The summed E-state index contributed by atoms with van der Waals surface area (Å²) < 4.78 is 4.94. The summed E-state index contributed by atoms with van der Waals surface area (Å²) in [5, 5.41) is 11.3. The molecule has 0 radical (unpaired) electrons. The standard InChI is InChI=1S/C10H13NO4/c1-6(2)9(12)11-8(10(13)14)7-4-3-5-15-7/h3-6,8H,1-2H3,(H,11,12)(H,13,14). The first kappa shape index (κ1) is 11.3. The van der Waals surface area contributed by atoms with Gasteiger partial charge >= 0.3 is 5.97 Å². The number of carbonyl (C=O) groups is 2. The SMILES string of the molecule is CC(C)C(=O)NC(C(=O)O)c1ccco1. The molecular weight excluding hydrogens is 198 g/mol. The van der Waals surface area contributed by atoms with E-state index in [1.165, 1.54) is 12.3 Å². The van der Waals surface area contributed by atoms with Crippen molar-refractivity contribution in [3.63, 3.8) is 0 Å². The van der Waals surface area contributed by atoms with Gasteiger partial charge < -0.3 is 14.8 Å². The van der Waals surface area contributed by atoms with Gasteiger partial charge in [-0.05, 0) is 12.1 Å². The molecule has 1 amide bonds. The number of hydrogen-bond donors (Lipinski definition) is 2. The third-order valence-electron chi connectivity index (χ3n) is 1.89. The number of carboxylic acid groups (broad SMARTS) is 1. The highest BCUT2D eigenvalue weighted by Crippen LogP contribution is 2.14. The van der Waals surface area contributed by atoms with Gasteiger partial charge in [0.15, 0.2) is 6.04 Å². The first-order chi connectivity index (χ1) is 7.02. The van der Waals surface area contributed by atoms with Crippen molar-refractivity contribution in [2.24, 2.45) is 5.92 Å². The normalized spacial score (nSPS) is 12.5. The van der Waals surface area contributed by atoms with Crippen LogP contribution in [0, 0.1) is 5.92 Å². The lowest BCUT2D eigenvalue weighted by Crippen LogP contribution is -2.35. The zero-order chi connectivity index (χ0) is 11.4. The van der Waals surface area contributed by atoms with Gasteiger partial charge in [0, 0.05) is 5.92 Å². The Morgan fingerprint density at radius 2 is 2.13 bits per heavy atom. The Morgan fingerprint density at radius 1 is 1.47 bits per heavy atom. The van der Waals surface area contributed by atoms with Crippen LogP contribution in [0.2, 0.25) is 0 Å². The molecule has 1 atom stereocenters. The number of amides is 1. The van der Waals surface area contributed by atoms with E-state index in [4.69, 9.17) is 9.52 Å². The Balaban J connectivity index is 2.77. The van der Waals surface area contributed by atoms with Gasteiger partial charge in [-0.1, -0.05) is 13.8 Å². The minimum absolute atomic E-state index is 0.219. The second-order valence-corrected chi connectivity index (χ2v) is 3.45. The van der Waals surface area contributed by atoms with E-state index in [0.717, 1.165) is 0 Å². The predicted octanol–water partition coefficient (Wildman–Crippen LogP) is 1.18. The third kappa shape index (κ3) is 2.83. The second-order valence-electron chi connectivity index (χ2n) is 3.45. The van der Waals surface area contributed by atoms with E-state index in [9.17, 15) is 9.59 Å². The summed E-state index contributed by atoms with van der Waals surface area (Å²) in [5.74, 6) is -1.50. The summed E-state index contributed by atoms with van der Waals surface area (Å²) in [7, 11) is 0. The molecule has 0 aliphatic rings. The Labute approximate surface area is 87.1 Å². The summed E-state index contributed by atoms with van der Waals surface area (Å²) in [6.07, 6.45) is 1.37. The number of hydrogen-bond acceptors (Lipinski definition) is 3. The molecule has 82 valence electrons. The number of carbonyl (C=O) groups excluding carboxylic acids is 1. The van der Waals surface area contributed by atoms with Gasteiger partial charge in [-0.15, -0.1) is 0 Å². The lowest BCUT2D eigenvalue weighted by atomic mass is 10.1. The van der Waals surface area contributed by atoms with E-state index in [-0.39, 0.29) is 17.6 Å². The third-order valence-corrected chi connectivity index (χ3v) is 1.89. The van der Waals surface area contributed by atoms with Gasteiger partial charge in [0.05, 0.1) is 6.26 Å². The molecule has 0 saturated heterocycles. The van der Waals surface area contributed by atoms with Crippen molar-refractivity contribution in [2.75, 3.05) is 0 Å². The van der Waals surface area contributed by atoms with Crippen LogP contribution in [0.25, 0.3) is 0 Å². The largest absolute Gasteiger partial charge is 0.479 e. The Bertz CT molecular complexity index is 342. The zero-order valence-corrected chi connectivity index (χ0v) is 8.56. The van der Waals surface area contributed by atoms with Crippen molar-refractivity contribution in [1.82, 2.24) is 5.32 Å². The van der Waals surface area contributed by atoms with Crippen molar-refractivity contribution >= 4 is 11.9 Å². The van der Waals surface area contributed by atoms with E-state index in [1.807, 2.05) is 0 Å². The fourth-order valence-corrected chi connectivity index (χ4v) is 1.02. The van der Waals surface area contributed by atoms with Gasteiger partial charge in [0.1, 0.15) is 5.76 Å². The molecule has 0 aromatic carbocycles. The van der Waals surface area contributed by atoms with Crippen LogP contribution in [-0.2, 0) is 9.59 Å². The fraction of sp³-hybridized carbons (Fsp3) is 0.400. The molecule has 1 heterocycles. The van der Waals surface area contributed by atoms with Crippen molar-refractivity contribution in [3.8, 4) is 0 Å². The number of rotatable bonds is 4. The number of carboxylic acids is 1. The van der Waals surface area contributed by atoms with Crippen LogP contribution in [0.5, 0.6) is 0 Å². The molecule has 5 nitrogen and oxygen atoms in total. The van der Waals surface area contributed by atoms with Crippen molar-refractivity contribution in [3.05, 3.63) is 24.2 Å². The van der Waals surface area contributed by atoms with Crippen LogP contribution in [0.15, 0.2) is 22.8 Å². The highest BCUT2D eigenvalue weighted by Gasteiger charge is 2.25. The molecule has 1 unspecified atom stereocenters. The van der Waals surface area contributed by atoms with Gasteiger partial charge in [-0.2, -0.15) is 0 Å². The summed E-state index contributed by atoms with van der Waals surface area (Å²) in [4.78, 5) is 22.2. The monoisotopic (exact) mass is 211 g/mol. The average molecular weight is 211 g/mol. The lowest BCUT2D eigenvalue weighted by molar-refractivity contribution is -0.143. The molecule has 1 rings (SSSR count). The van der Waals surface area contributed by atoms with Crippen LogP contribution in [-0.4, -0.2) is 17.0 Å². The van der Waals surface area contributed by atoms with Crippen LogP contribution >= 0.6 is 0 Å². The summed E-state index contributed by atoms with van der Waals surface area (Å²) in [6.45, 7) is 3.38. The van der Waals surface area contributed by atoms with Crippen molar-refractivity contribution in [1.29, 1.82) is 0 Å². The first-order valence-electron chi connectivity index (χ1n) is 4.59. The minimum atomic E-state index is -1.14. The van der Waals surface area contributed by atoms with Crippen LogP contribution in [0.3, 0.4) is 0 Å². The van der Waals surface area contributed by atoms with E-state index in [2.05, 4.69) is 5.32 Å². The lowest BCUT2D eigenvalue weighted by Gasteiger charge is -2.13. The number of aliphatic carboxylic acids is 1. The molecule has 0 spiro atoms. The zero-order valence-electron chi connectivity index (χ0n) is 8.56. The molecule has 1 aromatic heterocycles. The second kappa shape index (κ2) is 4.63.